The normalized spacial score (nSPS) is 17.1. The Bertz CT molecular complexity index is 349. The van der Waals surface area contributed by atoms with Gasteiger partial charge in [0.1, 0.15) is 0 Å². The summed E-state index contributed by atoms with van der Waals surface area (Å²) in [5, 5.41) is 11.0. The van der Waals surface area contributed by atoms with E-state index >= 15 is 0 Å². The smallest absolute Gasteiger partial charge is 0.315 e. The second-order valence-corrected chi connectivity index (χ2v) is 4.64. The fourth-order valence-corrected chi connectivity index (χ4v) is 1.82. The summed E-state index contributed by atoms with van der Waals surface area (Å²) in [7, 11) is 1.74. The van der Waals surface area contributed by atoms with E-state index < -0.39 is 0 Å². The molecule has 1 aromatic heterocycles. The lowest BCUT2D eigenvalue weighted by atomic mass is 10.0. The molecule has 1 aliphatic carbocycles. The van der Waals surface area contributed by atoms with Gasteiger partial charge in [0, 0.05) is 33.2 Å². The van der Waals surface area contributed by atoms with Gasteiger partial charge in [0.05, 0.1) is 0 Å². The Labute approximate surface area is 101 Å². The molecule has 1 aromatic rings. The lowest BCUT2D eigenvalue weighted by Gasteiger charge is -2.13. The first-order chi connectivity index (χ1) is 8.28. The largest absolute Gasteiger partial charge is 0.408 e. The van der Waals surface area contributed by atoms with Crippen molar-refractivity contribution in [2.24, 2.45) is 11.1 Å². The van der Waals surface area contributed by atoms with Crippen molar-refractivity contribution in [3.05, 3.63) is 5.89 Å². The molecule has 1 saturated carbocycles. The highest BCUT2D eigenvalue weighted by Crippen LogP contribution is 2.48. The second-order valence-electron chi connectivity index (χ2n) is 4.64. The summed E-state index contributed by atoms with van der Waals surface area (Å²) in [6, 6.07) is 0.497. The van der Waals surface area contributed by atoms with Crippen LogP contribution in [0.2, 0.25) is 0 Å². The molecule has 2 rings (SSSR count). The highest BCUT2D eigenvalue weighted by molar-refractivity contribution is 5.19. The Balaban J connectivity index is 1.77. The van der Waals surface area contributed by atoms with Gasteiger partial charge in [-0.1, -0.05) is 5.10 Å². The summed E-state index contributed by atoms with van der Waals surface area (Å²) < 4.78 is 10.5. The first-order valence-electron chi connectivity index (χ1n) is 6.03. The molecule has 1 heterocycles. The van der Waals surface area contributed by atoms with Gasteiger partial charge in [-0.05, 0) is 24.7 Å². The molecular formula is C11H20N4O2. The number of nitrogens with one attached hydrogen (secondary N) is 1. The fraction of sp³-hybridized carbons (Fsp3) is 0.818. The molecule has 0 unspecified atom stereocenters. The van der Waals surface area contributed by atoms with Crippen LogP contribution in [0.4, 0.5) is 6.01 Å². The van der Waals surface area contributed by atoms with Crippen LogP contribution in [0.15, 0.2) is 4.42 Å². The minimum absolute atomic E-state index is 0.374. The fourth-order valence-electron chi connectivity index (χ4n) is 1.82. The van der Waals surface area contributed by atoms with E-state index in [1.54, 1.807) is 7.11 Å². The molecule has 96 valence electrons. The van der Waals surface area contributed by atoms with Crippen molar-refractivity contribution in [2.45, 2.75) is 25.7 Å². The number of hydrogen-bond donors (Lipinski definition) is 2. The molecular weight excluding hydrogens is 220 g/mol. The minimum Gasteiger partial charge on any atom is -0.408 e. The van der Waals surface area contributed by atoms with Crippen LogP contribution >= 0.6 is 0 Å². The molecule has 6 heteroatoms. The van der Waals surface area contributed by atoms with Crippen LogP contribution in [0.5, 0.6) is 0 Å². The maximum absolute atomic E-state index is 5.42. The van der Waals surface area contributed by atoms with Crippen molar-refractivity contribution in [1.29, 1.82) is 0 Å². The molecule has 0 saturated heterocycles. The van der Waals surface area contributed by atoms with Gasteiger partial charge in [0.15, 0.2) is 0 Å². The molecule has 0 bridgehead atoms. The van der Waals surface area contributed by atoms with Crippen molar-refractivity contribution in [3.8, 4) is 0 Å². The van der Waals surface area contributed by atoms with E-state index in [1.165, 1.54) is 12.8 Å². The van der Waals surface area contributed by atoms with E-state index in [4.69, 9.17) is 14.9 Å². The topological polar surface area (TPSA) is 86.2 Å². The number of nitrogens with zero attached hydrogens (tertiary/aromatic N) is 2. The van der Waals surface area contributed by atoms with Gasteiger partial charge >= 0.3 is 6.01 Å². The van der Waals surface area contributed by atoms with Crippen molar-refractivity contribution in [1.82, 2.24) is 10.2 Å². The van der Waals surface area contributed by atoms with Crippen molar-refractivity contribution < 1.29 is 9.15 Å². The molecule has 0 aliphatic heterocycles. The molecule has 0 spiro atoms. The summed E-state index contributed by atoms with van der Waals surface area (Å²) in [5.74, 6) is 0.594. The van der Waals surface area contributed by atoms with Crippen molar-refractivity contribution >= 4 is 6.01 Å². The third kappa shape index (κ3) is 3.41. The lowest BCUT2D eigenvalue weighted by molar-refractivity contribution is 0.174. The zero-order chi connectivity index (χ0) is 12.1. The van der Waals surface area contributed by atoms with Gasteiger partial charge in [-0.2, -0.15) is 0 Å². The third-order valence-corrected chi connectivity index (χ3v) is 3.23. The lowest BCUT2D eigenvalue weighted by Crippen LogP contribution is -2.17. The Morgan fingerprint density at radius 3 is 2.94 bits per heavy atom. The molecule has 1 fully saturated rings. The average Bonchev–Trinajstić information content (AvgIpc) is 2.97. The van der Waals surface area contributed by atoms with E-state index in [1.807, 2.05) is 0 Å². The first-order valence-corrected chi connectivity index (χ1v) is 6.03. The zero-order valence-electron chi connectivity index (χ0n) is 10.2. The average molecular weight is 240 g/mol. The Hall–Kier alpha value is -1.14. The second kappa shape index (κ2) is 5.46. The van der Waals surface area contributed by atoms with E-state index in [9.17, 15) is 0 Å². The zero-order valence-corrected chi connectivity index (χ0v) is 10.2. The summed E-state index contributed by atoms with van der Waals surface area (Å²) >= 11 is 0. The van der Waals surface area contributed by atoms with Crippen LogP contribution in [-0.4, -0.2) is 37.0 Å². The molecule has 0 amide bonds. The van der Waals surface area contributed by atoms with Crippen LogP contribution in [-0.2, 0) is 11.2 Å². The highest BCUT2D eigenvalue weighted by Gasteiger charge is 2.42. The summed E-state index contributed by atoms with van der Waals surface area (Å²) in [6.45, 7) is 2.21. The number of methoxy groups -OCH3 is 1. The van der Waals surface area contributed by atoms with Gasteiger partial charge in [0.25, 0.3) is 0 Å². The van der Waals surface area contributed by atoms with E-state index in [0.29, 0.717) is 30.3 Å². The Morgan fingerprint density at radius 1 is 1.47 bits per heavy atom. The maximum Gasteiger partial charge on any atom is 0.315 e. The third-order valence-electron chi connectivity index (χ3n) is 3.23. The van der Waals surface area contributed by atoms with Crippen LogP contribution < -0.4 is 11.1 Å². The van der Waals surface area contributed by atoms with E-state index in [0.717, 1.165) is 19.6 Å². The number of ether oxygens (including phenoxy) is 1. The predicted molar refractivity (Wildman–Crippen MR) is 63.7 cm³/mol. The molecule has 0 atom stereocenters. The predicted octanol–water partition coefficient (Wildman–Crippen LogP) is 0.799. The van der Waals surface area contributed by atoms with Gasteiger partial charge in [-0.15, -0.1) is 5.10 Å². The van der Waals surface area contributed by atoms with Gasteiger partial charge in [-0.3, -0.25) is 0 Å². The monoisotopic (exact) mass is 240 g/mol. The molecule has 1 aliphatic rings. The van der Waals surface area contributed by atoms with E-state index in [2.05, 4.69) is 15.5 Å². The quantitative estimate of drug-likeness (QED) is 0.699. The molecule has 6 nitrogen and oxygen atoms in total. The van der Waals surface area contributed by atoms with Crippen molar-refractivity contribution in [2.75, 3.05) is 32.1 Å². The van der Waals surface area contributed by atoms with Gasteiger partial charge in [-0.25, -0.2) is 0 Å². The van der Waals surface area contributed by atoms with Crippen LogP contribution in [0.3, 0.4) is 0 Å². The number of nitrogens with two attached hydrogens (primary N) is 1. The summed E-state index contributed by atoms with van der Waals surface area (Å²) in [4.78, 5) is 0. The molecule has 0 radical (unpaired) electrons. The van der Waals surface area contributed by atoms with Gasteiger partial charge in [0.2, 0.25) is 5.89 Å². The van der Waals surface area contributed by atoms with Crippen LogP contribution in [0.1, 0.15) is 25.2 Å². The Kier molecular flexibility index (Phi) is 3.96. The first kappa shape index (κ1) is 12.3. The van der Waals surface area contributed by atoms with E-state index in [-0.39, 0.29) is 0 Å². The van der Waals surface area contributed by atoms with Gasteiger partial charge < -0.3 is 20.2 Å². The minimum atomic E-state index is 0.374. The number of rotatable bonds is 8. The van der Waals surface area contributed by atoms with Crippen LogP contribution in [0, 0.1) is 5.41 Å². The summed E-state index contributed by atoms with van der Waals surface area (Å²) in [5.41, 5.74) is 5.79. The number of anilines is 1. The number of aromatic nitrogens is 2. The molecule has 17 heavy (non-hydrogen) atoms. The van der Waals surface area contributed by atoms with Crippen LogP contribution in [0.25, 0.3) is 0 Å². The molecule has 3 N–H and O–H groups in total. The molecule has 0 aromatic carbocycles. The van der Waals surface area contributed by atoms with Crippen molar-refractivity contribution in [3.63, 3.8) is 0 Å². The highest BCUT2D eigenvalue weighted by atomic mass is 16.5. The standard InChI is InChI=1S/C11H20N4O2/c1-16-7-5-11(3-4-11)8-13-10-15-14-9(17-10)2-6-12/h2-8,12H2,1H3,(H,13,15). The Morgan fingerprint density at radius 2 is 2.29 bits per heavy atom. The maximum atomic E-state index is 5.42. The number of hydrogen-bond acceptors (Lipinski definition) is 6. The summed E-state index contributed by atoms with van der Waals surface area (Å²) in [6.07, 6.45) is 4.20. The SMILES string of the molecule is COCCC1(CNc2nnc(CCN)o2)CC1.